The molecular weight excluding hydrogens is 515 g/mol. The number of anilines is 1. The number of thioether (sulfide) groups is 1. The van der Waals surface area contributed by atoms with E-state index in [-0.39, 0.29) is 11.8 Å². The summed E-state index contributed by atoms with van der Waals surface area (Å²) in [5.74, 6) is -0.0112. The van der Waals surface area contributed by atoms with Gasteiger partial charge in [-0.2, -0.15) is 0 Å². The van der Waals surface area contributed by atoms with E-state index in [1.807, 2.05) is 60.7 Å². The highest BCUT2D eigenvalue weighted by molar-refractivity contribution is 14.1. The fourth-order valence-corrected chi connectivity index (χ4v) is 4.55. The van der Waals surface area contributed by atoms with Crippen molar-refractivity contribution in [2.24, 2.45) is 0 Å². The summed E-state index contributed by atoms with van der Waals surface area (Å²) in [6, 6.07) is 17.5. The summed E-state index contributed by atoms with van der Waals surface area (Å²) in [6.45, 7) is 0.593. The molecule has 1 saturated heterocycles. The van der Waals surface area contributed by atoms with Crippen LogP contribution in [0.4, 0.5) is 5.69 Å². The number of amides is 2. The van der Waals surface area contributed by atoms with Crippen molar-refractivity contribution < 1.29 is 9.59 Å². The van der Waals surface area contributed by atoms with E-state index in [0.29, 0.717) is 22.2 Å². The van der Waals surface area contributed by atoms with Crippen LogP contribution in [0.15, 0.2) is 59.5 Å². The van der Waals surface area contributed by atoms with Gasteiger partial charge in [-0.25, -0.2) is 0 Å². The van der Waals surface area contributed by atoms with E-state index < -0.39 is 0 Å². The smallest absolute Gasteiger partial charge is 0.266 e. The molecule has 0 aromatic heterocycles. The van der Waals surface area contributed by atoms with Gasteiger partial charge in [0.2, 0.25) is 5.91 Å². The Morgan fingerprint density at radius 1 is 1.07 bits per heavy atom. The Morgan fingerprint density at radius 2 is 1.79 bits per heavy atom. The first-order valence-electron chi connectivity index (χ1n) is 9.39. The van der Waals surface area contributed by atoms with Gasteiger partial charge in [-0.15, -0.1) is 0 Å². The Balaban J connectivity index is 1.39. The molecule has 3 rings (SSSR count). The molecule has 7 heteroatoms. The Bertz CT molecular complexity index is 914. The highest BCUT2D eigenvalue weighted by Gasteiger charge is 2.31. The molecule has 1 heterocycles. The van der Waals surface area contributed by atoms with Crippen LogP contribution in [-0.4, -0.2) is 27.6 Å². The van der Waals surface area contributed by atoms with E-state index in [9.17, 15) is 9.59 Å². The molecule has 150 valence electrons. The van der Waals surface area contributed by atoms with Crippen LogP contribution in [-0.2, 0) is 9.59 Å². The van der Waals surface area contributed by atoms with E-state index in [1.54, 1.807) is 4.90 Å². The Labute approximate surface area is 194 Å². The maximum Gasteiger partial charge on any atom is 0.266 e. The SMILES string of the molecule is O=C(CCCCCN1C(=O)/C(=C/c2ccccc2)SC1=S)Nc1ccc(I)cc1. The number of benzene rings is 2. The van der Waals surface area contributed by atoms with Crippen molar-refractivity contribution in [3.8, 4) is 0 Å². The third-order valence-corrected chi connectivity index (χ3v) is 6.48. The lowest BCUT2D eigenvalue weighted by Gasteiger charge is -2.14. The van der Waals surface area contributed by atoms with Gasteiger partial charge in [0, 0.05) is 22.2 Å². The third-order valence-electron chi connectivity index (χ3n) is 4.38. The number of rotatable bonds is 8. The van der Waals surface area contributed by atoms with Crippen molar-refractivity contribution in [1.82, 2.24) is 4.90 Å². The van der Waals surface area contributed by atoms with Crippen LogP contribution in [0.5, 0.6) is 0 Å². The van der Waals surface area contributed by atoms with Crippen LogP contribution < -0.4 is 5.32 Å². The molecule has 0 bridgehead atoms. The third kappa shape index (κ3) is 6.65. The van der Waals surface area contributed by atoms with Crippen LogP contribution in [0.1, 0.15) is 31.2 Å². The summed E-state index contributed by atoms with van der Waals surface area (Å²) < 4.78 is 1.74. The standard InChI is InChI=1S/C22H21IN2O2S2/c23-17-10-12-18(13-11-17)24-20(26)9-5-2-6-14-25-21(27)19(29-22(25)28)15-16-7-3-1-4-8-16/h1,3-4,7-8,10-13,15H,2,5-6,9,14H2,(H,24,26)/b19-15-. The average Bonchev–Trinajstić information content (AvgIpc) is 2.97. The summed E-state index contributed by atoms with van der Waals surface area (Å²) in [5, 5.41) is 2.91. The van der Waals surface area contributed by atoms with Gasteiger partial charge in [0.05, 0.1) is 4.91 Å². The summed E-state index contributed by atoms with van der Waals surface area (Å²) in [4.78, 5) is 27.0. The zero-order chi connectivity index (χ0) is 20.6. The molecular formula is C22H21IN2O2S2. The molecule has 2 amide bonds. The number of thiocarbonyl (C=S) groups is 1. The van der Waals surface area contributed by atoms with Crippen molar-refractivity contribution >= 4 is 74.5 Å². The lowest BCUT2D eigenvalue weighted by atomic mass is 10.1. The lowest BCUT2D eigenvalue weighted by molar-refractivity contribution is -0.122. The number of halogens is 1. The fourth-order valence-electron chi connectivity index (χ4n) is 2.88. The molecule has 1 N–H and O–H groups in total. The molecule has 29 heavy (non-hydrogen) atoms. The average molecular weight is 536 g/mol. The maximum absolute atomic E-state index is 12.6. The molecule has 1 aliphatic heterocycles. The van der Waals surface area contributed by atoms with E-state index in [4.69, 9.17) is 12.2 Å². The van der Waals surface area contributed by atoms with Crippen molar-refractivity contribution in [2.75, 3.05) is 11.9 Å². The van der Waals surface area contributed by atoms with Gasteiger partial charge in [0.1, 0.15) is 4.32 Å². The molecule has 0 saturated carbocycles. The van der Waals surface area contributed by atoms with Crippen molar-refractivity contribution in [3.63, 3.8) is 0 Å². The summed E-state index contributed by atoms with van der Waals surface area (Å²) >= 11 is 8.96. The van der Waals surface area contributed by atoms with Crippen molar-refractivity contribution in [1.29, 1.82) is 0 Å². The molecule has 2 aromatic rings. The number of nitrogens with zero attached hydrogens (tertiary/aromatic N) is 1. The predicted octanol–water partition coefficient (Wildman–Crippen LogP) is 5.69. The first-order valence-corrected chi connectivity index (χ1v) is 11.7. The molecule has 1 aliphatic rings. The molecule has 2 aromatic carbocycles. The van der Waals surface area contributed by atoms with Crippen LogP contribution in [0.25, 0.3) is 6.08 Å². The second kappa shape index (κ2) is 10.9. The highest BCUT2D eigenvalue weighted by Crippen LogP contribution is 2.32. The minimum Gasteiger partial charge on any atom is -0.326 e. The van der Waals surface area contributed by atoms with Gasteiger partial charge < -0.3 is 5.32 Å². The zero-order valence-corrected chi connectivity index (χ0v) is 19.6. The molecule has 0 aliphatic carbocycles. The summed E-state index contributed by atoms with van der Waals surface area (Å²) in [7, 11) is 0. The minimum atomic E-state index is -0.0275. The van der Waals surface area contributed by atoms with Gasteiger partial charge in [-0.1, -0.05) is 60.7 Å². The fraction of sp³-hybridized carbons (Fsp3) is 0.227. The van der Waals surface area contributed by atoms with Crippen LogP contribution in [0.3, 0.4) is 0 Å². The second-order valence-corrected chi connectivity index (χ2v) is 9.53. The van der Waals surface area contributed by atoms with E-state index in [2.05, 4.69) is 27.9 Å². The highest BCUT2D eigenvalue weighted by atomic mass is 127. The maximum atomic E-state index is 12.6. The van der Waals surface area contributed by atoms with Gasteiger partial charge >= 0.3 is 0 Å². The van der Waals surface area contributed by atoms with E-state index in [0.717, 1.165) is 34.1 Å². The number of hydrogen-bond acceptors (Lipinski definition) is 4. The van der Waals surface area contributed by atoms with Crippen molar-refractivity contribution in [3.05, 3.63) is 68.6 Å². The number of carbonyl (C=O) groups excluding carboxylic acids is 2. The van der Waals surface area contributed by atoms with Crippen LogP contribution in [0, 0.1) is 3.57 Å². The van der Waals surface area contributed by atoms with Crippen molar-refractivity contribution in [2.45, 2.75) is 25.7 Å². The molecule has 0 radical (unpaired) electrons. The molecule has 0 unspecified atom stereocenters. The quantitative estimate of drug-likeness (QED) is 0.204. The first kappa shape index (κ1) is 22.0. The zero-order valence-electron chi connectivity index (χ0n) is 15.8. The molecule has 1 fully saturated rings. The van der Waals surface area contributed by atoms with Crippen LogP contribution in [0.2, 0.25) is 0 Å². The predicted molar refractivity (Wildman–Crippen MR) is 133 cm³/mol. The largest absolute Gasteiger partial charge is 0.326 e. The molecule has 0 atom stereocenters. The van der Waals surface area contributed by atoms with Gasteiger partial charge in [0.15, 0.2) is 0 Å². The number of nitrogens with one attached hydrogen (secondary N) is 1. The molecule has 0 spiro atoms. The lowest BCUT2D eigenvalue weighted by Crippen LogP contribution is -2.29. The monoisotopic (exact) mass is 536 g/mol. The second-order valence-electron chi connectivity index (χ2n) is 6.61. The number of hydrogen-bond donors (Lipinski definition) is 1. The Hall–Kier alpha value is -1.71. The van der Waals surface area contributed by atoms with E-state index >= 15 is 0 Å². The van der Waals surface area contributed by atoms with Gasteiger partial charge in [-0.3, -0.25) is 14.5 Å². The normalized spacial score (nSPS) is 15.2. The summed E-state index contributed by atoms with van der Waals surface area (Å²) in [5.41, 5.74) is 1.81. The van der Waals surface area contributed by atoms with Gasteiger partial charge in [-0.05, 0) is 71.3 Å². The summed E-state index contributed by atoms with van der Waals surface area (Å²) in [6.07, 6.45) is 4.83. The number of unbranched alkanes of at least 4 members (excludes halogenated alkanes) is 2. The molecule has 4 nitrogen and oxygen atoms in total. The minimum absolute atomic E-state index is 0.0163. The van der Waals surface area contributed by atoms with Gasteiger partial charge in [0.25, 0.3) is 5.91 Å². The topological polar surface area (TPSA) is 49.4 Å². The first-order chi connectivity index (χ1) is 14.0. The Kier molecular flexibility index (Phi) is 8.26. The number of carbonyl (C=O) groups is 2. The van der Waals surface area contributed by atoms with Crippen LogP contribution >= 0.6 is 46.6 Å². The van der Waals surface area contributed by atoms with E-state index in [1.165, 1.54) is 11.8 Å². The Morgan fingerprint density at radius 3 is 2.52 bits per heavy atom.